The van der Waals surface area contributed by atoms with E-state index in [0.29, 0.717) is 18.7 Å². The summed E-state index contributed by atoms with van der Waals surface area (Å²) in [6.45, 7) is 5.75. The molecule has 3 rings (SSSR count). The van der Waals surface area contributed by atoms with E-state index in [-0.39, 0.29) is 29.9 Å². The number of aliphatic imine (C=N–C) groups is 1. The molecule has 0 saturated carbocycles. The molecule has 2 aromatic carbocycles. The number of carbonyl (C=O) groups is 1. The van der Waals surface area contributed by atoms with Crippen molar-refractivity contribution in [1.82, 2.24) is 30.4 Å². The molecular formula is C25H36IN7O. The second-order valence-electron chi connectivity index (χ2n) is 8.27. The molecule has 9 heteroatoms. The molecule has 0 radical (unpaired) electrons. The average molecular weight is 578 g/mol. The van der Waals surface area contributed by atoms with E-state index >= 15 is 0 Å². The highest BCUT2D eigenvalue weighted by Gasteiger charge is 2.08. The van der Waals surface area contributed by atoms with Crippen LogP contribution in [-0.2, 0) is 13.1 Å². The van der Waals surface area contributed by atoms with Gasteiger partial charge in [0.25, 0.3) is 5.91 Å². The van der Waals surface area contributed by atoms with Gasteiger partial charge in [0.05, 0.1) is 11.0 Å². The number of imidazole rings is 1. The number of amides is 1. The van der Waals surface area contributed by atoms with Gasteiger partial charge in [-0.3, -0.25) is 9.79 Å². The monoisotopic (exact) mass is 577 g/mol. The fourth-order valence-electron chi connectivity index (χ4n) is 3.65. The Balaban J connectivity index is 0.00000408. The molecule has 3 aromatic rings. The van der Waals surface area contributed by atoms with Crippen LogP contribution in [0, 0.1) is 6.92 Å². The normalized spacial score (nSPS) is 11.4. The molecule has 0 bridgehead atoms. The third kappa shape index (κ3) is 7.98. The highest BCUT2D eigenvalue weighted by Crippen LogP contribution is 2.15. The topological polar surface area (TPSA) is 86.6 Å². The predicted molar refractivity (Wildman–Crippen MR) is 150 cm³/mol. The molecule has 1 amide bonds. The van der Waals surface area contributed by atoms with E-state index in [9.17, 15) is 4.79 Å². The molecule has 3 N–H and O–H groups in total. The number of para-hydroxylation sites is 2. The lowest BCUT2D eigenvalue weighted by Crippen LogP contribution is -2.37. The second-order valence-corrected chi connectivity index (χ2v) is 8.27. The van der Waals surface area contributed by atoms with Crippen molar-refractivity contribution in [3.05, 3.63) is 65.5 Å². The van der Waals surface area contributed by atoms with Crippen LogP contribution in [0.4, 0.5) is 0 Å². The number of guanidine groups is 1. The number of nitrogens with zero attached hydrogens (tertiary/aromatic N) is 4. The van der Waals surface area contributed by atoms with Gasteiger partial charge < -0.3 is 25.4 Å². The highest BCUT2D eigenvalue weighted by atomic mass is 127. The Morgan fingerprint density at radius 2 is 1.85 bits per heavy atom. The summed E-state index contributed by atoms with van der Waals surface area (Å²) < 4.78 is 2.25. The second kappa shape index (κ2) is 13.9. The Morgan fingerprint density at radius 3 is 2.62 bits per heavy atom. The number of aromatic nitrogens is 2. The van der Waals surface area contributed by atoms with Crippen LogP contribution >= 0.6 is 24.0 Å². The van der Waals surface area contributed by atoms with Gasteiger partial charge in [-0.1, -0.05) is 24.3 Å². The van der Waals surface area contributed by atoms with Crippen LogP contribution in [-0.4, -0.2) is 67.1 Å². The number of hydrogen-bond donors (Lipinski definition) is 3. The lowest BCUT2D eigenvalue weighted by molar-refractivity contribution is 0.0951. The maximum absolute atomic E-state index is 12.4. The number of aryl methyl sites for hydroxylation is 2. The molecule has 1 heterocycles. The minimum absolute atomic E-state index is 0. The summed E-state index contributed by atoms with van der Waals surface area (Å²) in [7, 11) is 5.73. The van der Waals surface area contributed by atoms with Crippen LogP contribution < -0.4 is 16.0 Å². The van der Waals surface area contributed by atoms with Crippen molar-refractivity contribution in [2.45, 2.75) is 26.4 Å². The Bertz CT molecular complexity index is 1090. The summed E-state index contributed by atoms with van der Waals surface area (Å²) >= 11 is 0. The summed E-state index contributed by atoms with van der Waals surface area (Å²) in [5, 5.41) is 9.64. The zero-order valence-corrected chi connectivity index (χ0v) is 22.8. The van der Waals surface area contributed by atoms with E-state index in [1.807, 2.05) is 68.4 Å². The maximum Gasteiger partial charge on any atom is 0.251 e. The molecule has 1 aromatic heterocycles. The Hall–Kier alpha value is -2.66. The predicted octanol–water partition coefficient (Wildman–Crippen LogP) is 3.01. The van der Waals surface area contributed by atoms with Gasteiger partial charge in [0.15, 0.2) is 5.96 Å². The third-order valence-corrected chi connectivity index (χ3v) is 5.41. The van der Waals surface area contributed by atoms with E-state index < -0.39 is 0 Å². The smallest absolute Gasteiger partial charge is 0.251 e. The van der Waals surface area contributed by atoms with Gasteiger partial charge in [-0.2, -0.15) is 0 Å². The van der Waals surface area contributed by atoms with Crippen LogP contribution in [0.15, 0.2) is 53.5 Å². The molecule has 184 valence electrons. The lowest BCUT2D eigenvalue weighted by Gasteiger charge is -2.14. The van der Waals surface area contributed by atoms with E-state index in [4.69, 9.17) is 0 Å². The van der Waals surface area contributed by atoms with Crippen molar-refractivity contribution in [2.75, 3.05) is 40.8 Å². The first-order chi connectivity index (χ1) is 16.0. The minimum atomic E-state index is -0.0523. The van der Waals surface area contributed by atoms with Crippen molar-refractivity contribution in [3.8, 4) is 0 Å². The molecule has 8 nitrogen and oxygen atoms in total. The van der Waals surface area contributed by atoms with Crippen molar-refractivity contribution in [1.29, 1.82) is 0 Å². The van der Waals surface area contributed by atoms with Gasteiger partial charge >= 0.3 is 0 Å². The van der Waals surface area contributed by atoms with Crippen molar-refractivity contribution in [2.24, 2.45) is 4.99 Å². The standard InChI is InChI=1S/C25H35N7O.HI/c1-19-30-22-11-5-6-12-23(22)32(19)15-8-13-28-25(26-2)29-18-20-9-7-10-21(17-20)24(33)27-14-16-31(3)4;/h5-7,9-12,17H,8,13-16,18H2,1-4H3,(H,27,33)(H2,26,28,29);1H. The number of likely N-dealkylation sites (N-methyl/N-ethyl adjacent to an activating group) is 1. The van der Waals surface area contributed by atoms with Gasteiger partial charge in [-0.25, -0.2) is 4.98 Å². The molecular weight excluding hydrogens is 541 g/mol. The quantitative estimate of drug-likeness (QED) is 0.149. The van der Waals surface area contributed by atoms with Gasteiger partial charge in [0.2, 0.25) is 0 Å². The van der Waals surface area contributed by atoms with Crippen LogP contribution in [0.2, 0.25) is 0 Å². The number of benzene rings is 2. The molecule has 0 unspecified atom stereocenters. The van der Waals surface area contributed by atoms with Crippen LogP contribution in [0.3, 0.4) is 0 Å². The Morgan fingerprint density at radius 1 is 1.06 bits per heavy atom. The first-order valence-corrected chi connectivity index (χ1v) is 11.4. The van der Waals surface area contributed by atoms with Crippen molar-refractivity contribution >= 4 is 46.9 Å². The Kier molecular flexibility index (Phi) is 11.3. The van der Waals surface area contributed by atoms with Crippen LogP contribution in [0.25, 0.3) is 11.0 Å². The zero-order valence-electron chi connectivity index (χ0n) is 20.5. The number of halogens is 1. The molecule has 0 fully saturated rings. The molecule has 34 heavy (non-hydrogen) atoms. The van der Waals surface area contributed by atoms with Gasteiger partial charge in [-0.05, 0) is 57.3 Å². The first kappa shape index (κ1) is 27.6. The number of fused-ring (bicyclic) bond motifs is 1. The molecule has 0 aliphatic carbocycles. The van der Waals surface area contributed by atoms with E-state index in [2.05, 4.69) is 36.6 Å². The summed E-state index contributed by atoms with van der Waals surface area (Å²) in [4.78, 5) is 23.3. The number of nitrogens with one attached hydrogen (secondary N) is 3. The lowest BCUT2D eigenvalue weighted by atomic mass is 10.1. The van der Waals surface area contributed by atoms with Crippen LogP contribution in [0.1, 0.15) is 28.2 Å². The number of rotatable bonds is 10. The van der Waals surface area contributed by atoms with Gasteiger partial charge in [-0.15, -0.1) is 24.0 Å². The van der Waals surface area contributed by atoms with Gasteiger partial charge in [0, 0.05) is 45.3 Å². The average Bonchev–Trinajstić information content (AvgIpc) is 3.13. The largest absolute Gasteiger partial charge is 0.356 e. The summed E-state index contributed by atoms with van der Waals surface area (Å²) in [5.74, 6) is 1.72. The summed E-state index contributed by atoms with van der Waals surface area (Å²) in [5.41, 5.74) is 3.90. The SMILES string of the molecule is CN=C(NCCCn1c(C)nc2ccccc21)NCc1cccc(C(=O)NCCN(C)C)c1.I. The van der Waals surface area contributed by atoms with Gasteiger partial charge in [0.1, 0.15) is 5.82 Å². The van der Waals surface area contributed by atoms with E-state index in [1.165, 1.54) is 5.52 Å². The maximum atomic E-state index is 12.4. The molecule has 0 saturated heterocycles. The molecule has 0 aliphatic heterocycles. The minimum Gasteiger partial charge on any atom is -0.356 e. The summed E-state index contributed by atoms with van der Waals surface area (Å²) in [6, 6.07) is 15.9. The third-order valence-electron chi connectivity index (χ3n) is 5.41. The fraction of sp³-hybridized carbons (Fsp3) is 0.400. The number of carbonyl (C=O) groups excluding carboxylic acids is 1. The van der Waals surface area contributed by atoms with Crippen molar-refractivity contribution < 1.29 is 4.79 Å². The highest BCUT2D eigenvalue weighted by molar-refractivity contribution is 14.0. The van der Waals surface area contributed by atoms with E-state index in [0.717, 1.165) is 48.9 Å². The Labute approximate surface area is 219 Å². The molecule has 0 atom stereocenters. The van der Waals surface area contributed by atoms with Crippen molar-refractivity contribution in [3.63, 3.8) is 0 Å². The van der Waals surface area contributed by atoms with E-state index in [1.54, 1.807) is 7.05 Å². The number of hydrogen-bond acceptors (Lipinski definition) is 4. The zero-order chi connectivity index (χ0) is 23.6. The first-order valence-electron chi connectivity index (χ1n) is 11.4. The molecule has 0 aliphatic rings. The fourth-order valence-corrected chi connectivity index (χ4v) is 3.65. The molecule has 0 spiro atoms. The summed E-state index contributed by atoms with van der Waals surface area (Å²) in [6.07, 6.45) is 0.949. The van der Waals surface area contributed by atoms with Crippen LogP contribution in [0.5, 0.6) is 0 Å².